The summed E-state index contributed by atoms with van der Waals surface area (Å²) in [5, 5.41) is 13.5. The third-order valence-electron chi connectivity index (χ3n) is 11.2. The maximum absolute atomic E-state index is 16.1. The van der Waals surface area contributed by atoms with Gasteiger partial charge in [-0.15, -0.1) is 11.3 Å². The van der Waals surface area contributed by atoms with E-state index in [4.69, 9.17) is 24.9 Å². The maximum atomic E-state index is 16.1. The zero-order valence-electron chi connectivity index (χ0n) is 35.1. The van der Waals surface area contributed by atoms with Gasteiger partial charge in [0.25, 0.3) is 0 Å². The number of aromatic amines is 1. The third-order valence-corrected chi connectivity index (χ3v) is 12.5. The highest BCUT2D eigenvalue weighted by Gasteiger charge is 2.39. The molecule has 320 valence electrons. The van der Waals surface area contributed by atoms with Crippen LogP contribution in [0, 0.1) is 35.8 Å². The number of amides is 4. The van der Waals surface area contributed by atoms with Crippen LogP contribution in [-0.4, -0.2) is 101 Å². The Kier molecular flexibility index (Phi) is 13.4. The first-order chi connectivity index (χ1) is 28.6. The Bertz CT molecular complexity index is 2340. The van der Waals surface area contributed by atoms with Crippen LogP contribution in [0.25, 0.3) is 31.9 Å². The number of aryl methyl sites for hydroxylation is 1. The quantitative estimate of drug-likeness (QED) is 0.104. The number of alkyl carbamates (subject to hydrolysis) is 2. The van der Waals surface area contributed by atoms with Crippen LogP contribution in [0.5, 0.6) is 0 Å². The van der Waals surface area contributed by atoms with Gasteiger partial charge in [-0.25, -0.2) is 23.4 Å². The molecule has 0 aliphatic carbocycles. The molecule has 4 N–H and O–H groups in total. The van der Waals surface area contributed by atoms with Crippen molar-refractivity contribution in [1.82, 2.24) is 30.4 Å². The SMILES string of the molecule is COC(=O)N[C@H](C(=O)N1CCC[C@H]1C(C)=Nc1cc(F)c(-c2cc(C)c(-c3cc4nc([C@@H]5CCCN5C(=O)[C@@H](NC(=O)OC)C(C)C)[nH]c4cc3F)s2)cc1C=N)C(C)C. The van der Waals surface area contributed by atoms with Crippen molar-refractivity contribution < 1.29 is 37.4 Å². The summed E-state index contributed by atoms with van der Waals surface area (Å²) in [7, 11) is 2.48. The Morgan fingerprint density at radius 1 is 0.900 bits per heavy atom. The average molecular weight is 847 g/mol. The number of likely N-dealkylation sites (tertiary alicyclic amines) is 2. The van der Waals surface area contributed by atoms with E-state index in [9.17, 15) is 19.2 Å². The molecule has 0 bridgehead atoms. The molecule has 4 aromatic rings. The molecule has 14 nitrogen and oxygen atoms in total. The van der Waals surface area contributed by atoms with E-state index in [0.717, 1.165) is 24.6 Å². The van der Waals surface area contributed by atoms with Gasteiger partial charge in [0.05, 0.1) is 43.0 Å². The molecule has 0 spiro atoms. The number of nitrogens with zero attached hydrogens (tertiary/aromatic N) is 4. The number of fused-ring (bicyclic) bond motifs is 1. The minimum absolute atomic E-state index is 0.195. The number of hydrogen-bond donors (Lipinski definition) is 4. The van der Waals surface area contributed by atoms with E-state index in [2.05, 4.69) is 15.6 Å². The smallest absolute Gasteiger partial charge is 0.407 e. The van der Waals surface area contributed by atoms with Crippen molar-refractivity contribution in [1.29, 1.82) is 5.41 Å². The largest absolute Gasteiger partial charge is 0.453 e. The number of rotatable bonds is 12. The highest BCUT2D eigenvalue weighted by atomic mass is 32.1. The normalized spacial score (nSPS) is 18.0. The predicted molar refractivity (Wildman–Crippen MR) is 227 cm³/mol. The van der Waals surface area contributed by atoms with Gasteiger partial charge in [-0.05, 0) is 75.1 Å². The summed E-state index contributed by atoms with van der Waals surface area (Å²) in [6, 6.07) is 5.25. The number of thiophene rings is 1. The second kappa shape index (κ2) is 18.3. The summed E-state index contributed by atoms with van der Waals surface area (Å²) in [4.78, 5) is 68.5. The van der Waals surface area contributed by atoms with Crippen molar-refractivity contribution >= 4 is 64.0 Å². The Morgan fingerprint density at radius 2 is 1.50 bits per heavy atom. The molecule has 2 aromatic carbocycles. The lowest BCUT2D eigenvalue weighted by molar-refractivity contribution is -0.135. The third kappa shape index (κ3) is 8.90. The number of H-pyrrole nitrogens is 1. The molecule has 6 rings (SSSR count). The van der Waals surface area contributed by atoms with Crippen LogP contribution in [0.2, 0.25) is 0 Å². The molecular formula is C43H52F2N8O6S. The minimum atomic E-state index is -0.798. The van der Waals surface area contributed by atoms with Crippen molar-refractivity contribution in [2.45, 2.75) is 91.4 Å². The minimum Gasteiger partial charge on any atom is -0.453 e. The van der Waals surface area contributed by atoms with E-state index < -0.39 is 41.9 Å². The Labute approximate surface area is 351 Å². The van der Waals surface area contributed by atoms with Crippen molar-refractivity contribution in [3.63, 3.8) is 0 Å². The predicted octanol–water partition coefficient (Wildman–Crippen LogP) is 8.05. The summed E-state index contributed by atoms with van der Waals surface area (Å²) in [5.74, 6) is -1.47. The van der Waals surface area contributed by atoms with Crippen LogP contribution in [0.4, 0.5) is 24.1 Å². The van der Waals surface area contributed by atoms with Crippen LogP contribution in [0.15, 0.2) is 35.3 Å². The van der Waals surface area contributed by atoms with Crippen molar-refractivity contribution in [3.05, 3.63) is 58.9 Å². The van der Waals surface area contributed by atoms with Gasteiger partial charge in [0, 0.05) is 63.6 Å². The maximum Gasteiger partial charge on any atom is 0.407 e. The van der Waals surface area contributed by atoms with E-state index in [1.165, 1.54) is 37.7 Å². The van der Waals surface area contributed by atoms with Crippen molar-refractivity contribution in [3.8, 4) is 20.9 Å². The van der Waals surface area contributed by atoms with E-state index in [-0.39, 0.29) is 46.5 Å². The first kappa shape index (κ1) is 43.9. The number of aliphatic imine (C=N–C) groups is 1. The number of carbonyl (C=O) groups excluding carboxylic acids is 4. The molecule has 4 heterocycles. The number of aromatic nitrogens is 2. The molecule has 2 fully saturated rings. The zero-order valence-corrected chi connectivity index (χ0v) is 35.9. The molecule has 2 aromatic heterocycles. The van der Waals surface area contributed by atoms with E-state index >= 15 is 8.78 Å². The summed E-state index contributed by atoms with van der Waals surface area (Å²) in [6.45, 7) is 11.9. The van der Waals surface area contributed by atoms with Gasteiger partial charge in [0.15, 0.2) is 0 Å². The van der Waals surface area contributed by atoms with Gasteiger partial charge < -0.3 is 40.3 Å². The highest BCUT2D eigenvalue weighted by molar-refractivity contribution is 7.19. The Morgan fingerprint density at radius 3 is 2.12 bits per heavy atom. The number of halogens is 2. The second-order valence-corrected chi connectivity index (χ2v) is 17.0. The first-order valence-electron chi connectivity index (χ1n) is 20.1. The Hall–Kier alpha value is -5.71. The van der Waals surface area contributed by atoms with Crippen molar-refractivity contribution in [2.24, 2.45) is 16.8 Å². The second-order valence-electron chi connectivity index (χ2n) is 16.0. The van der Waals surface area contributed by atoms with Crippen LogP contribution in [0.3, 0.4) is 0 Å². The number of benzene rings is 2. The van der Waals surface area contributed by atoms with Crippen molar-refractivity contribution in [2.75, 3.05) is 27.3 Å². The molecule has 2 aliphatic heterocycles. The molecule has 0 radical (unpaired) electrons. The molecule has 60 heavy (non-hydrogen) atoms. The molecule has 17 heteroatoms. The number of hydrogen-bond acceptors (Lipinski definition) is 10. The molecular weight excluding hydrogens is 795 g/mol. The van der Waals surface area contributed by atoms with Gasteiger partial charge in [0.2, 0.25) is 11.8 Å². The zero-order chi connectivity index (χ0) is 43.6. The van der Waals surface area contributed by atoms with E-state index in [0.29, 0.717) is 63.8 Å². The molecule has 4 atom stereocenters. The summed E-state index contributed by atoms with van der Waals surface area (Å²) >= 11 is 1.22. The van der Waals surface area contributed by atoms with Gasteiger partial charge in [-0.2, -0.15) is 0 Å². The molecule has 2 saturated heterocycles. The van der Waals surface area contributed by atoms with Crippen LogP contribution < -0.4 is 10.6 Å². The van der Waals surface area contributed by atoms with E-state index in [1.807, 2.05) is 34.6 Å². The molecule has 2 aliphatic rings. The summed E-state index contributed by atoms with van der Waals surface area (Å²) in [5.41, 5.74) is 3.36. The van der Waals surface area contributed by atoms with Gasteiger partial charge in [-0.1, -0.05) is 27.7 Å². The highest BCUT2D eigenvalue weighted by Crippen LogP contribution is 2.42. The average Bonchev–Trinajstić information content (AvgIpc) is 4.04. The fourth-order valence-electron chi connectivity index (χ4n) is 8.05. The lowest BCUT2D eigenvalue weighted by atomic mass is 10.0. The number of ether oxygens (including phenoxy) is 2. The molecule has 4 amide bonds. The van der Waals surface area contributed by atoms with Gasteiger partial charge in [-0.3, -0.25) is 14.6 Å². The lowest BCUT2D eigenvalue weighted by Crippen LogP contribution is -2.53. The van der Waals surface area contributed by atoms with E-state index in [1.54, 1.807) is 34.9 Å². The van der Waals surface area contributed by atoms with Crippen LogP contribution in [-0.2, 0) is 19.1 Å². The number of carbonyl (C=O) groups is 4. The summed E-state index contributed by atoms with van der Waals surface area (Å²) in [6.07, 6.45) is 2.44. The van der Waals surface area contributed by atoms with Gasteiger partial charge >= 0.3 is 12.2 Å². The fourth-order valence-corrected chi connectivity index (χ4v) is 9.25. The molecule has 0 saturated carbocycles. The van der Waals surface area contributed by atoms with Crippen LogP contribution >= 0.6 is 11.3 Å². The number of imidazole rings is 1. The lowest BCUT2D eigenvalue weighted by Gasteiger charge is -2.30. The number of methoxy groups -OCH3 is 2. The monoisotopic (exact) mass is 846 g/mol. The van der Waals surface area contributed by atoms with Gasteiger partial charge in [0.1, 0.15) is 29.5 Å². The number of nitrogens with one attached hydrogen (secondary N) is 4. The van der Waals surface area contributed by atoms with Crippen LogP contribution in [0.1, 0.15) is 83.3 Å². The first-order valence-corrected chi connectivity index (χ1v) is 20.9. The molecule has 0 unspecified atom stereocenters. The summed E-state index contributed by atoms with van der Waals surface area (Å²) < 4.78 is 41.5. The Balaban J connectivity index is 1.26. The standard InChI is InChI=1S/C43H52F2N8O6S/c1-21(2)36(50-42(56)58-7)40(54)52-13-9-11-33(52)24(6)47-30-18-28(44)26(16-25(30)20-46)35-15-23(5)38(60-35)27-17-31-32(19-29(27)45)49-39(48-31)34-12-10-14-53(34)41(55)37(22(3)4)51-43(57)59-8/h15-22,33-34,36-37,46H,9-14H2,1-8H3,(H,48,49)(H,50,56)(H,51,57)/t33-,34-,36-,37-/m0/s1. The fraction of sp³-hybridized carbons (Fsp3) is 0.465. The topological polar surface area (TPSA) is 182 Å².